The fourth-order valence-electron chi connectivity index (χ4n) is 1.98. The van der Waals surface area contributed by atoms with E-state index in [1.807, 2.05) is 11.8 Å². The third-order valence-corrected chi connectivity index (χ3v) is 3.98. The zero-order valence-corrected chi connectivity index (χ0v) is 11.0. The predicted molar refractivity (Wildman–Crippen MR) is 69.6 cm³/mol. The Kier molecular flexibility index (Phi) is 3.24. The maximum atomic E-state index is 5.39. The second-order valence-electron chi connectivity index (χ2n) is 4.24. The molecule has 0 radical (unpaired) electrons. The molecule has 1 aromatic rings. The van der Waals surface area contributed by atoms with E-state index < -0.39 is 0 Å². The molecule has 1 aromatic carbocycles. The number of benzene rings is 1. The molecule has 1 atom stereocenters. The summed E-state index contributed by atoms with van der Waals surface area (Å²) in [5.41, 5.74) is 3.73. The van der Waals surface area contributed by atoms with E-state index in [9.17, 15) is 0 Å². The van der Waals surface area contributed by atoms with Crippen LogP contribution in [0.3, 0.4) is 0 Å². The predicted octanol–water partition coefficient (Wildman–Crippen LogP) is 3.19. The molecule has 0 fully saturated rings. The summed E-state index contributed by atoms with van der Waals surface area (Å²) < 4.78 is 5.39. The second-order valence-corrected chi connectivity index (χ2v) is 5.69. The quantitative estimate of drug-likeness (QED) is 0.689. The summed E-state index contributed by atoms with van der Waals surface area (Å²) in [6.07, 6.45) is 0. The molecule has 2 nitrogen and oxygen atoms in total. The van der Waals surface area contributed by atoms with E-state index in [0.717, 1.165) is 18.0 Å². The van der Waals surface area contributed by atoms with E-state index in [0.29, 0.717) is 5.25 Å². The van der Waals surface area contributed by atoms with Gasteiger partial charge in [0, 0.05) is 10.1 Å². The van der Waals surface area contributed by atoms with Crippen molar-refractivity contribution in [2.24, 2.45) is 4.99 Å². The molecular formula is C13H17NOS. The van der Waals surface area contributed by atoms with Gasteiger partial charge in [-0.05, 0) is 31.0 Å². The first kappa shape index (κ1) is 11.5. The van der Waals surface area contributed by atoms with Crippen LogP contribution in [-0.4, -0.2) is 24.8 Å². The van der Waals surface area contributed by atoms with Crippen molar-refractivity contribution in [3.63, 3.8) is 0 Å². The van der Waals surface area contributed by atoms with Gasteiger partial charge < -0.3 is 4.74 Å². The summed E-state index contributed by atoms with van der Waals surface area (Å²) in [5, 5.41) is 0.507. The number of methoxy groups -OCH3 is 1. The molecule has 0 N–H and O–H groups in total. The van der Waals surface area contributed by atoms with Gasteiger partial charge in [-0.1, -0.05) is 13.0 Å². The van der Waals surface area contributed by atoms with Gasteiger partial charge in [0.05, 0.1) is 19.2 Å². The van der Waals surface area contributed by atoms with Crippen LogP contribution in [0.15, 0.2) is 22.0 Å². The Balaban J connectivity index is 2.60. The number of aliphatic imine (C=N–C) groups is 1. The zero-order valence-electron chi connectivity index (χ0n) is 10.2. The van der Waals surface area contributed by atoms with Gasteiger partial charge in [0.2, 0.25) is 5.90 Å². The summed E-state index contributed by atoms with van der Waals surface area (Å²) in [7, 11) is 1.70. The summed E-state index contributed by atoms with van der Waals surface area (Å²) in [4.78, 5) is 5.84. The van der Waals surface area contributed by atoms with Gasteiger partial charge in [0.1, 0.15) is 0 Å². The highest BCUT2D eigenvalue weighted by Crippen LogP contribution is 2.34. The van der Waals surface area contributed by atoms with Crippen molar-refractivity contribution in [2.75, 3.05) is 13.7 Å². The van der Waals surface area contributed by atoms with Crippen molar-refractivity contribution >= 4 is 17.7 Å². The molecule has 0 amide bonds. The molecule has 0 spiro atoms. The molecule has 1 heterocycles. The molecule has 0 saturated carbocycles. The van der Waals surface area contributed by atoms with Crippen molar-refractivity contribution in [3.05, 3.63) is 28.8 Å². The van der Waals surface area contributed by atoms with Crippen LogP contribution in [0.2, 0.25) is 0 Å². The molecule has 0 saturated heterocycles. The molecule has 86 valence electrons. The lowest BCUT2D eigenvalue weighted by atomic mass is 10.1. The minimum absolute atomic E-state index is 0.507. The van der Waals surface area contributed by atoms with Gasteiger partial charge in [0.25, 0.3) is 0 Å². The molecule has 1 unspecified atom stereocenters. The first-order chi connectivity index (χ1) is 7.61. The minimum atomic E-state index is 0.507. The number of hydrogen-bond acceptors (Lipinski definition) is 3. The Labute approximate surface area is 101 Å². The van der Waals surface area contributed by atoms with Crippen LogP contribution in [0.25, 0.3) is 0 Å². The monoisotopic (exact) mass is 235 g/mol. The van der Waals surface area contributed by atoms with Crippen LogP contribution in [-0.2, 0) is 4.74 Å². The Bertz CT molecular complexity index is 440. The molecule has 16 heavy (non-hydrogen) atoms. The van der Waals surface area contributed by atoms with Crippen molar-refractivity contribution in [1.82, 2.24) is 0 Å². The fourth-order valence-corrected chi connectivity index (χ4v) is 3.05. The minimum Gasteiger partial charge on any atom is -0.481 e. The number of ether oxygens (including phenoxy) is 1. The fraction of sp³-hybridized carbons (Fsp3) is 0.462. The zero-order chi connectivity index (χ0) is 11.7. The van der Waals surface area contributed by atoms with Crippen LogP contribution in [0.4, 0.5) is 0 Å². The normalized spacial score (nSPS) is 19.8. The van der Waals surface area contributed by atoms with Crippen molar-refractivity contribution < 1.29 is 4.74 Å². The van der Waals surface area contributed by atoms with E-state index in [-0.39, 0.29) is 0 Å². The van der Waals surface area contributed by atoms with Crippen molar-refractivity contribution in [1.29, 1.82) is 0 Å². The summed E-state index contributed by atoms with van der Waals surface area (Å²) in [6.45, 7) is 7.29. The summed E-state index contributed by atoms with van der Waals surface area (Å²) >= 11 is 1.89. The molecule has 2 rings (SSSR count). The Morgan fingerprint density at radius 3 is 2.81 bits per heavy atom. The summed E-state index contributed by atoms with van der Waals surface area (Å²) in [6, 6.07) is 4.38. The van der Waals surface area contributed by atoms with Gasteiger partial charge in [0.15, 0.2) is 0 Å². The van der Waals surface area contributed by atoms with Crippen LogP contribution >= 0.6 is 11.8 Å². The maximum absolute atomic E-state index is 5.39. The highest BCUT2D eigenvalue weighted by molar-refractivity contribution is 8.00. The Hall–Kier alpha value is -0.960. The Morgan fingerprint density at radius 2 is 2.12 bits per heavy atom. The van der Waals surface area contributed by atoms with Crippen LogP contribution < -0.4 is 0 Å². The van der Waals surface area contributed by atoms with E-state index in [1.54, 1.807) is 7.11 Å². The Morgan fingerprint density at radius 1 is 1.38 bits per heavy atom. The highest BCUT2D eigenvalue weighted by Gasteiger charge is 2.19. The first-order valence-electron chi connectivity index (χ1n) is 5.48. The molecular weight excluding hydrogens is 218 g/mol. The number of hydrogen-bond donors (Lipinski definition) is 0. The standard InChI is InChI=1S/C13H17NOS/c1-8-5-9(2)12-11(6-8)13(15-4)14-7-10(3)16-12/h5-6,10H,7H2,1-4H3. The smallest absolute Gasteiger partial charge is 0.216 e. The number of nitrogens with zero attached hydrogens (tertiary/aromatic N) is 1. The molecule has 0 aromatic heterocycles. The number of thioether (sulfide) groups is 1. The molecule has 1 aliphatic rings. The van der Waals surface area contributed by atoms with E-state index >= 15 is 0 Å². The third kappa shape index (κ3) is 2.09. The lowest BCUT2D eigenvalue weighted by Gasteiger charge is -2.13. The first-order valence-corrected chi connectivity index (χ1v) is 6.36. The molecule has 0 bridgehead atoms. The van der Waals surface area contributed by atoms with Gasteiger partial charge >= 0.3 is 0 Å². The lowest BCUT2D eigenvalue weighted by molar-refractivity contribution is 0.402. The average Bonchev–Trinajstić information content (AvgIpc) is 2.38. The second kappa shape index (κ2) is 4.50. The maximum Gasteiger partial charge on any atom is 0.216 e. The van der Waals surface area contributed by atoms with Crippen LogP contribution in [0.5, 0.6) is 0 Å². The lowest BCUT2D eigenvalue weighted by Crippen LogP contribution is -2.06. The SMILES string of the molecule is COC1=NCC(C)Sc2c(C)cc(C)cc21. The number of fused-ring (bicyclic) bond motifs is 1. The third-order valence-electron chi connectivity index (χ3n) is 2.65. The average molecular weight is 235 g/mol. The van der Waals surface area contributed by atoms with Crippen molar-refractivity contribution in [3.8, 4) is 0 Å². The molecule has 0 aliphatic carbocycles. The van der Waals surface area contributed by atoms with Crippen molar-refractivity contribution in [2.45, 2.75) is 30.9 Å². The van der Waals surface area contributed by atoms with E-state index in [1.165, 1.54) is 16.0 Å². The molecule has 1 aliphatic heterocycles. The van der Waals surface area contributed by atoms with E-state index in [4.69, 9.17) is 4.74 Å². The van der Waals surface area contributed by atoms with Gasteiger partial charge in [-0.25, -0.2) is 0 Å². The van der Waals surface area contributed by atoms with Gasteiger partial charge in [-0.3, -0.25) is 4.99 Å². The highest BCUT2D eigenvalue weighted by atomic mass is 32.2. The summed E-state index contributed by atoms with van der Waals surface area (Å²) in [5.74, 6) is 0.777. The molecule has 3 heteroatoms. The van der Waals surface area contributed by atoms with Crippen LogP contribution in [0, 0.1) is 13.8 Å². The number of aryl methyl sites for hydroxylation is 2. The topological polar surface area (TPSA) is 21.6 Å². The number of rotatable bonds is 0. The van der Waals surface area contributed by atoms with Gasteiger partial charge in [-0.15, -0.1) is 11.8 Å². The van der Waals surface area contributed by atoms with Crippen LogP contribution in [0.1, 0.15) is 23.6 Å². The van der Waals surface area contributed by atoms with E-state index in [2.05, 4.69) is 37.9 Å². The largest absolute Gasteiger partial charge is 0.481 e. The van der Waals surface area contributed by atoms with Gasteiger partial charge in [-0.2, -0.15) is 0 Å².